The molecule has 0 fully saturated rings. The van der Waals surface area contributed by atoms with E-state index in [4.69, 9.17) is 22.3 Å². The zero-order chi connectivity index (χ0) is 15.0. The highest BCUT2D eigenvalue weighted by Gasteiger charge is 2.14. The first-order chi connectivity index (χ1) is 10.1. The summed E-state index contributed by atoms with van der Waals surface area (Å²) in [4.78, 5) is 4.73. The van der Waals surface area contributed by atoms with Gasteiger partial charge in [0, 0.05) is 15.7 Å². The van der Waals surface area contributed by atoms with Crippen molar-refractivity contribution in [2.75, 3.05) is 5.73 Å². The van der Waals surface area contributed by atoms with E-state index in [0.717, 1.165) is 49.7 Å². The molecule has 0 unspecified atom stereocenters. The van der Waals surface area contributed by atoms with Crippen molar-refractivity contribution in [3.63, 3.8) is 0 Å². The normalized spacial score (nSPS) is 11.2. The number of halogens is 2. The lowest BCUT2D eigenvalue weighted by Gasteiger charge is -2.11. The summed E-state index contributed by atoms with van der Waals surface area (Å²) in [5.41, 5.74) is 9.51. The largest absolute Gasteiger partial charge is 0.399 e. The molecule has 2 aromatic carbocycles. The number of imidazole rings is 1. The predicted octanol–water partition coefficient (Wildman–Crippen LogP) is 4.82. The highest BCUT2D eigenvalue weighted by molar-refractivity contribution is 14.1. The van der Waals surface area contributed by atoms with Crippen molar-refractivity contribution in [3.8, 4) is 5.69 Å². The van der Waals surface area contributed by atoms with Crippen LogP contribution >= 0.6 is 34.2 Å². The lowest BCUT2D eigenvalue weighted by Crippen LogP contribution is -2.02. The van der Waals surface area contributed by atoms with Gasteiger partial charge in [0.05, 0.1) is 21.7 Å². The van der Waals surface area contributed by atoms with Gasteiger partial charge in [0.2, 0.25) is 0 Å². The van der Waals surface area contributed by atoms with E-state index < -0.39 is 0 Å². The smallest absolute Gasteiger partial charge is 0.114 e. The molecule has 5 heteroatoms. The van der Waals surface area contributed by atoms with Crippen molar-refractivity contribution < 1.29 is 0 Å². The maximum absolute atomic E-state index is 6.45. The number of aromatic nitrogens is 2. The first kappa shape index (κ1) is 14.7. The minimum atomic E-state index is 0.726. The first-order valence-corrected chi connectivity index (χ1v) is 8.28. The minimum Gasteiger partial charge on any atom is -0.399 e. The third-order valence-electron chi connectivity index (χ3n) is 3.37. The second kappa shape index (κ2) is 5.85. The molecule has 0 aliphatic heterocycles. The van der Waals surface area contributed by atoms with E-state index in [1.807, 2.05) is 30.3 Å². The number of hydrogen-bond acceptors (Lipinski definition) is 2. The molecular formula is C16H15ClIN3. The first-order valence-electron chi connectivity index (χ1n) is 6.82. The predicted molar refractivity (Wildman–Crippen MR) is 97.2 cm³/mol. The Morgan fingerprint density at radius 2 is 2.05 bits per heavy atom. The van der Waals surface area contributed by atoms with Gasteiger partial charge in [-0.25, -0.2) is 4.98 Å². The molecule has 0 saturated carbocycles. The van der Waals surface area contributed by atoms with E-state index in [1.165, 1.54) is 0 Å². The average molecular weight is 412 g/mol. The molecule has 2 N–H and O–H groups in total. The van der Waals surface area contributed by atoms with Gasteiger partial charge in [-0.2, -0.15) is 0 Å². The summed E-state index contributed by atoms with van der Waals surface area (Å²) in [5.74, 6) is 1.02. The van der Waals surface area contributed by atoms with E-state index in [9.17, 15) is 0 Å². The molecule has 0 amide bonds. The van der Waals surface area contributed by atoms with Crippen LogP contribution in [0.4, 0.5) is 5.69 Å². The highest BCUT2D eigenvalue weighted by atomic mass is 127. The van der Waals surface area contributed by atoms with Crippen LogP contribution in [0.3, 0.4) is 0 Å². The van der Waals surface area contributed by atoms with E-state index in [2.05, 4.69) is 40.1 Å². The zero-order valence-electron chi connectivity index (χ0n) is 11.6. The van der Waals surface area contributed by atoms with Gasteiger partial charge in [0.25, 0.3) is 0 Å². The van der Waals surface area contributed by atoms with Gasteiger partial charge in [-0.3, -0.25) is 4.57 Å². The molecular weight excluding hydrogens is 397 g/mol. The third-order valence-corrected chi connectivity index (χ3v) is 4.35. The van der Waals surface area contributed by atoms with E-state index in [1.54, 1.807) is 0 Å². The maximum Gasteiger partial charge on any atom is 0.114 e. The molecule has 0 bridgehead atoms. The third kappa shape index (κ3) is 2.74. The molecule has 0 spiro atoms. The second-order valence-corrected chi connectivity index (χ2v) is 6.61. The summed E-state index contributed by atoms with van der Waals surface area (Å²) in [6.45, 7) is 2.15. The molecule has 0 aliphatic carbocycles. The fourth-order valence-corrected chi connectivity index (χ4v) is 3.41. The van der Waals surface area contributed by atoms with E-state index in [0.29, 0.717) is 0 Å². The van der Waals surface area contributed by atoms with Crippen LogP contribution in [0.5, 0.6) is 0 Å². The maximum atomic E-state index is 6.45. The Kier molecular flexibility index (Phi) is 4.08. The Balaban J connectivity index is 2.30. The van der Waals surface area contributed by atoms with Crippen molar-refractivity contribution in [2.45, 2.75) is 19.8 Å². The molecule has 1 heterocycles. The van der Waals surface area contributed by atoms with Crippen LogP contribution in [0, 0.1) is 3.57 Å². The Morgan fingerprint density at radius 1 is 1.24 bits per heavy atom. The fraction of sp³-hybridized carbons (Fsp3) is 0.188. The van der Waals surface area contributed by atoms with Gasteiger partial charge < -0.3 is 5.73 Å². The van der Waals surface area contributed by atoms with Gasteiger partial charge in [-0.1, -0.05) is 18.5 Å². The zero-order valence-corrected chi connectivity index (χ0v) is 14.5. The van der Waals surface area contributed by atoms with Crippen molar-refractivity contribution in [1.29, 1.82) is 0 Å². The number of rotatable bonds is 3. The monoisotopic (exact) mass is 411 g/mol. The van der Waals surface area contributed by atoms with E-state index in [-0.39, 0.29) is 0 Å². The number of aryl methyl sites for hydroxylation is 1. The standard InChI is InChI=1S/C16H15ClIN3/c1-2-3-16-20-13-9-11(19)5-7-15(13)21(16)14-6-4-10(18)8-12(14)17/h4-9H,2-3,19H2,1H3. The van der Waals surface area contributed by atoms with Crippen molar-refractivity contribution >= 4 is 50.9 Å². The number of anilines is 1. The molecule has 3 nitrogen and oxygen atoms in total. The summed E-state index contributed by atoms with van der Waals surface area (Å²) >= 11 is 8.71. The lowest BCUT2D eigenvalue weighted by atomic mass is 10.2. The molecule has 1 aromatic heterocycles. The quantitative estimate of drug-likeness (QED) is 0.496. The minimum absolute atomic E-state index is 0.726. The van der Waals surface area contributed by atoms with Crippen LogP contribution in [-0.4, -0.2) is 9.55 Å². The Hall–Kier alpha value is -1.27. The molecule has 108 valence electrons. The average Bonchev–Trinajstić information content (AvgIpc) is 2.76. The SMILES string of the molecule is CCCc1nc2cc(N)ccc2n1-c1ccc(I)cc1Cl. The van der Waals surface area contributed by atoms with Gasteiger partial charge in [-0.05, 0) is 65.4 Å². The molecule has 0 atom stereocenters. The van der Waals surface area contributed by atoms with Crippen molar-refractivity contribution in [2.24, 2.45) is 0 Å². The van der Waals surface area contributed by atoms with Gasteiger partial charge in [0.15, 0.2) is 0 Å². The summed E-state index contributed by atoms with van der Waals surface area (Å²) in [7, 11) is 0. The lowest BCUT2D eigenvalue weighted by molar-refractivity contribution is 0.818. The molecule has 0 radical (unpaired) electrons. The van der Waals surface area contributed by atoms with Crippen molar-refractivity contribution in [1.82, 2.24) is 9.55 Å². The van der Waals surface area contributed by atoms with E-state index >= 15 is 0 Å². The number of benzene rings is 2. The highest BCUT2D eigenvalue weighted by Crippen LogP contribution is 2.29. The van der Waals surface area contributed by atoms with Crippen LogP contribution in [0.25, 0.3) is 16.7 Å². The number of fused-ring (bicyclic) bond motifs is 1. The Labute approximate surface area is 142 Å². The number of nitrogen functional groups attached to an aromatic ring is 1. The summed E-state index contributed by atoms with van der Waals surface area (Å²) in [6, 6.07) is 11.9. The number of hydrogen-bond donors (Lipinski definition) is 1. The Bertz CT molecular complexity index is 811. The molecule has 21 heavy (non-hydrogen) atoms. The number of nitrogens with zero attached hydrogens (tertiary/aromatic N) is 2. The summed E-state index contributed by atoms with van der Waals surface area (Å²) < 4.78 is 3.25. The van der Waals surface area contributed by atoms with Gasteiger partial charge in [-0.15, -0.1) is 0 Å². The summed E-state index contributed by atoms with van der Waals surface area (Å²) in [5, 5.41) is 0.732. The molecule has 0 aliphatic rings. The van der Waals surface area contributed by atoms with Gasteiger partial charge >= 0.3 is 0 Å². The fourth-order valence-electron chi connectivity index (χ4n) is 2.47. The molecule has 3 rings (SSSR count). The van der Waals surface area contributed by atoms with Crippen LogP contribution < -0.4 is 5.73 Å². The van der Waals surface area contributed by atoms with Crippen molar-refractivity contribution in [3.05, 3.63) is 50.8 Å². The van der Waals surface area contributed by atoms with Crippen LogP contribution in [0.15, 0.2) is 36.4 Å². The second-order valence-electron chi connectivity index (χ2n) is 4.96. The van der Waals surface area contributed by atoms with Crippen LogP contribution in [0.1, 0.15) is 19.2 Å². The molecule has 0 saturated heterocycles. The number of nitrogens with two attached hydrogens (primary N) is 1. The van der Waals surface area contributed by atoms with Crippen LogP contribution in [0.2, 0.25) is 5.02 Å². The summed E-state index contributed by atoms with van der Waals surface area (Å²) in [6.07, 6.45) is 1.93. The topological polar surface area (TPSA) is 43.8 Å². The van der Waals surface area contributed by atoms with Crippen LogP contribution in [-0.2, 0) is 6.42 Å². The Morgan fingerprint density at radius 3 is 2.76 bits per heavy atom. The van der Waals surface area contributed by atoms with Gasteiger partial charge in [0.1, 0.15) is 5.82 Å². The molecule has 3 aromatic rings.